The van der Waals surface area contributed by atoms with Crippen LogP contribution in [0.25, 0.3) is 45.1 Å². The number of aliphatic hydroxyl groups is 2. The molecular formula is C70H90O22. The number of ketones is 3. The van der Waals surface area contributed by atoms with E-state index < -0.39 is 34.4 Å². The number of phenols is 7. The number of ether oxygens (including phenoxy) is 4. The van der Waals surface area contributed by atoms with E-state index in [4.69, 9.17) is 47.5 Å². The summed E-state index contributed by atoms with van der Waals surface area (Å²) in [5.74, 6) is -0.685. The van der Waals surface area contributed by atoms with Crippen molar-refractivity contribution in [2.75, 3.05) is 14.2 Å². The number of Topliss-reactive ketones (excluding diaryl/α,β-unsaturated/α-hetero) is 3. The zero-order chi connectivity index (χ0) is 68.2. The molecule has 502 valence electrons. The Kier molecular flexibility index (Phi) is 29.4. The van der Waals surface area contributed by atoms with E-state index in [0.717, 1.165) is 61.4 Å². The van der Waals surface area contributed by atoms with Crippen LogP contribution < -0.4 is 26.4 Å². The Morgan fingerprint density at radius 3 is 1.39 bits per heavy atom. The first-order chi connectivity index (χ1) is 42.9. The molecule has 92 heavy (non-hydrogen) atoms. The topological polar surface area (TPSA) is 361 Å². The molecule has 4 aromatic carbocycles. The monoisotopic (exact) mass is 1280 g/mol. The van der Waals surface area contributed by atoms with Crippen molar-refractivity contribution in [3.05, 3.63) is 131 Å². The number of aliphatic hydroxyl groups excluding tert-OH is 1. The van der Waals surface area contributed by atoms with Crippen LogP contribution in [0.3, 0.4) is 0 Å². The molecule has 0 radical (unpaired) electrons. The Morgan fingerprint density at radius 2 is 1.00 bits per heavy atom. The first-order valence-electron chi connectivity index (χ1n) is 30.1. The van der Waals surface area contributed by atoms with Crippen LogP contribution in [0.5, 0.6) is 51.7 Å². The van der Waals surface area contributed by atoms with Gasteiger partial charge < -0.3 is 78.2 Å². The van der Waals surface area contributed by atoms with Crippen molar-refractivity contribution in [1.29, 1.82) is 0 Å². The third-order valence-corrected chi connectivity index (χ3v) is 13.8. The number of phenolic OH excluding ortho intramolecular Hbond substituents is 7. The van der Waals surface area contributed by atoms with Crippen LogP contribution >= 0.6 is 0 Å². The van der Waals surface area contributed by atoms with Gasteiger partial charge in [0.15, 0.2) is 29.0 Å². The predicted molar refractivity (Wildman–Crippen MR) is 352 cm³/mol. The van der Waals surface area contributed by atoms with E-state index in [0.29, 0.717) is 76.5 Å². The number of hydrogen-bond acceptors (Lipinski definition) is 22. The number of fused-ring (bicyclic) bond motifs is 7. The summed E-state index contributed by atoms with van der Waals surface area (Å²) in [6, 6.07) is 10.2. The Hall–Kier alpha value is -8.96. The molecule has 0 amide bonds. The lowest BCUT2D eigenvalue weighted by Gasteiger charge is -2.30. The molecule has 9 N–H and O–H groups in total. The number of carbonyl (C=O) groups is 3. The van der Waals surface area contributed by atoms with Gasteiger partial charge in [0, 0.05) is 94.9 Å². The molecule has 0 bridgehead atoms. The van der Waals surface area contributed by atoms with E-state index in [1.807, 2.05) is 54.5 Å². The number of hydrogen-bond donors (Lipinski definition) is 9. The average Bonchev–Trinajstić information content (AvgIpc) is 0.766. The average molecular weight is 1280 g/mol. The molecule has 0 aliphatic carbocycles. The van der Waals surface area contributed by atoms with Crippen LogP contribution in [0.15, 0.2) is 88.3 Å². The van der Waals surface area contributed by atoms with Gasteiger partial charge in [-0.05, 0) is 94.4 Å². The van der Waals surface area contributed by atoms with Gasteiger partial charge in [0.2, 0.25) is 6.29 Å². The molecule has 22 heteroatoms. The van der Waals surface area contributed by atoms with Crippen LogP contribution in [0.2, 0.25) is 0 Å². The standard InChI is InChI=1S/C20H22O5.C18H18O6.C12H12O4.C7H16O3.C6H6O3.C6H12O.CH4/c1-5-7-11-10-14(22)24-19-15(11)18-12(8-9-20(3,4)25-18)17(23)16(19)13(21)6-2;1-3-5-9-8-13(21)24-18-14(9)17-10(6-7-12(20)23-17)16(22)15(18)11(19)4-2;1-2-3-7-4-11(15)16-10-6-8(13)5-9(14)12(7)10;1-7(2,8)5-6(9-3)10-4;7-4-1-5(8)3-6(9)2-4;1-3-5-6(7)4-2;/h8-10,23H,5-7H2,1-4H3;6-8,12,20,22H,3-5H2,1-2H3;4-6,13-14H,2-3H2,1H3;6,8H,5H2,1-4H3;1-3,7-9H;3-5H2,1-2H3;1H4. The van der Waals surface area contributed by atoms with Crippen LogP contribution in [-0.2, 0) is 33.5 Å². The molecular weight excluding hydrogens is 1190 g/mol. The Balaban J connectivity index is 0.000000305. The molecule has 0 saturated carbocycles. The molecule has 2 aliphatic heterocycles. The summed E-state index contributed by atoms with van der Waals surface area (Å²) in [5.41, 5.74) is 0.402. The second-order valence-corrected chi connectivity index (χ2v) is 22.4. The molecule has 3 aromatic heterocycles. The highest BCUT2D eigenvalue weighted by atomic mass is 16.7. The van der Waals surface area contributed by atoms with E-state index in [1.54, 1.807) is 48.0 Å². The summed E-state index contributed by atoms with van der Waals surface area (Å²) in [5, 5.41) is 86.9. The number of rotatable bonds is 17. The molecule has 1 unspecified atom stereocenters. The Labute approximate surface area is 534 Å². The zero-order valence-corrected chi connectivity index (χ0v) is 53.9. The summed E-state index contributed by atoms with van der Waals surface area (Å²) in [7, 11) is 3.11. The van der Waals surface area contributed by atoms with Crippen LogP contribution in [-0.4, -0.2) is 101 Å². The summed E-state index contributed by atoms with van der Waals surface area (Å²) >= 11 is 0. The lowest BCUT2D eigenvalue weighted by Crippen LogP contribution is -2.28. The first-order valence-corrected chi connectivity index (χ1v) is 30.1. The lowest BCUT2D eigenvalue weighted by molar-refractivity contribution is -0.136. The Morgan fingerprint density at radius 1 is 0.576 bits per heavy atom. The summed E-state index contributed by atoms with van der Waals surface area (Å²) in [6.07, 6.45) is 12.6. The van der Waals surface area contributed by atoms with Crippen LogP contribution in [0.1, 0.15) is 190 Å². The molecule has 22 nitrogen and oxygen atoms in total. The van der Waals surface area contributed by atoms with Gasteiger partial charge in [-0.25, -0.2) is 14.4 Å². The number of aryl methyl sites for hydroxylation is 3. The molecule has 2 aliphatic rings. The molecule has 5 heterocycles. The van der Waals surface area contributed by atoms with Gasteiger partial charge in [-0.3, -0.25) is 14.4 Å². The van der Waals surface area contributed by atoms with Gasteiger partial charge in [0.1, 0.15) is 79.8 Å². The fraction of sp³-hybridized carbons (Fsp3) is 0.429. The number of aromatic hydroxyl groups is 7. The Bertz CT molecular complexity index is 3870. The highest BCUT2D eigenvalue weighted by Gasteiger charge is 2.33. The minimum absolute atomic E-state index is 0. The zero-order valence-electron chi connectivity index (χ0n) is 53.9. The number of benzene rings is 4. The van der Waals surface area contributed by atoms with Gasteiger partial charge >= 0.3 is 16.9 Å². The molecule has 1 atom stereocenters. The largest absolute Gasteiger partial charge is 0.508 e. The fourth-order valence-corrected chi connectivity index (χ4v) is 9.68. The normalized spacial score (nSPS) is 13.1. The van der Waals surface area contributed by atoms with Crippen LogP contribution in [0, 0.1) is 0 Å². The van der Waals surface area contributed by atoms with Crippen molar-refractivity contribution < 1.29 is 92.5 Å². The van der Waals surface area contributed by atoms with Crippen molar-refractivity contribution in [3.8, 4) is 51.7 Å². The van der Waals surface area contributed by atoms with Gasteiger partial charge in [-0.1, -0.05) is 75.2 Å². The minimum Gasteiger partial charge on any atom is -0.508 e. The highest BCUT2D eigenvalue weighted by Crippen LogP contribution is 2.48. The van der Waals surface area contributed by atoms with Crippen molar-refractivity contribution in [2.24, 2.45) is 0 Å². The third kappa shape index (κ3) is 20.8. The first kappa shape index (κ1) is 77.3. The van der Waals surface area contributed by atoms with Crippen molar-refractivity contribution in [1.82, 2.24) is 0 Å². The SMILES string of the molecule is C.CCCC(=O)CC.CCCc1cc(=O)oc2c(C(=O)CC)c(O)c3c(c12)OC(C)(C)C=C3.CCCc1cc(=O)oc2c(C(=O)CC)c(O)c3c(c12)OC(O)C=C3.CCCc1cc(=O)oc2cc(O)cc(O)c12.COC(CC(C)(C)O)OC.Oc1cc(O)cc(O)c1. The molecule has 0 spiro atoms. The van der Waals surface area contributed by atoms with E-state index >= 15 is 0 Å². The summed E-state index contributed by atoms with van der Waals surface area (Å²) in [4.78, 5) is 70.4. The van der Waals surface area contributed by atoms with Crippen molar-refractivity contribution >= 4 is 62.4 Å². The van der Waals surface area contributed by atoms with Gasteiger partial charge in [-0.15, -0.1) is 0 Å². The second kappa shape index (κ2) is 35.0. The van der Waals surface area contributed by atoms with Crippen molar-refractivity contribution in [3.63, 3.8) is 0 Å². The van der Waals surface area contributed by atoms with Crippen LogP contribution in [0.4, 0.5) is 0 Å². The summed E-state index contributed by atoms with van der Waals surface area (Å²) < 4.78 is 36.9. The van der Waals surface area contributed by atoms with E-state index in [-0.39, 0.29) is 112 Å². The maximum Gasteiger partial charge on any atom is 0.336 e. The number of methoxy groups -OCH3 is 2. The maximum absolute atomic E-state index is 12.5. The van der Waals surface area contributed by atoms with Gasteiger partial charge in [0.05, 0.1) is 32.9 Å². The minimum atomic E-state index is -1.17. The third-order valence-electron chi connectivity index (χ3n) is 13.8. The molecule has 0 saturated heterocycles. The van der Waals surface area contributed by atoms with Gasteiger partial charge in [0.25, 0.3) is 0 Å². The van der Waals surface area contributed by atoms with E-state index in [2.05, 4.69) is 0 Å². The second-order valence-electron chi connectivity index (χ2n) is 22.4. The summed E-state index contributed by atoms with van der Waals surface area (Å²) in [6.45, 7) is 20.5. The molecule has 9 rings (SSSR count). The maximum atomic E-state index is 12.5. The molecule has 7 aromatic rings. The quantitative estimate of drug-likeness (QED) is 0.0232. The van der Waals surface area contributed by atoms with Gasteiger partial charge in [-0.2, -0.15) is 0 Å². The van der Waals surface area contributed by atoms with Crippen molar-refractivity contribution in [2.45, 2.75) is 184 Å². The van der Waals surface area contributed by atoms with E-state index in [1.165, 1.54) is 42.5 Å². The molecule has 0 fully saturated rings. The fourth-order valence-electron chi connectivity index (χ4n) is 9.68. The smallest absolute Gasteiger partial charge is 0.336 e. The van der Waals surface area contributed by atoms with E-state index in [9.17, 15) is 59.4 Å². The predicted octanol–water partition coefficient (Wildman–Crippen LogP) is 13.1. The lowest BCUT2D eigenvalue weighted by atomic mass is 9.92. The number of carbonyl (C=O) groups excluding carboxylic acids is 3. The highest BCUT2D eigenvalue weighted by molar-refractivity contribution is 6.13.